The van der Waals surface area contributed by atoms with Gasteiger partial charge in [-0.2, -0.15) is 0 Å². The second kappa shape index (κ2) is 12.3. The van der Waals surface area contributed by atoms with Crippen LogP contribution in [0.25, 0.3) is 0 Å². The van der Waals surface area contributed by atoms with E-state index in [9.17, 15) is 9.90 Å². The maximum absolute atomic E-state index is 12.0. The first kappa shape index (κ1) is 29.0. The predicted molar refractivity (Wildman–Crippen MR) is 154 cm³/mol. The second-order valence-electron chi connectivity index (χ2n) is 12.5. The smallest absolute Gasteiger partial charge is 0.310 e. The zero-order valence-corrected chi connectivity index (χ0v) is 24.2. The van der Waals surface area contributed by atoms with Gasteiger partial charge in [-0.05, 0) is 58.1 Å². The molecule has 1 fully saturated rings. The number of ether oxygens (including phenoxy) is 1. The van der Waals surface area contributed by atoms with Crippen LogP contribution in [0.15, 0.2) is 36.4 Å². The standard InChI is InChI=1S/C32H48N2O3/c1-8-9-20-37-29(35)23-24-10-12-26(13-11-24)34-18-16-33(17-19-34)15-14-25-21-27(31(2,3)4)30(36)28(22-25)32(5,6)7/h10-13,21-22,36H,8-9,14-20,23H2,1-7H3. The highest BCUT2D eigenvalue weighted by molar-refractivity contribution is 5.72. The molecule has 2 aromatic rings. The molecule has 1 saturated heterocycles. The molecule has 1 aliphatic rings. The lowest BCUT2D eigenvalue weighted by molar-refractivity contribution is -0.142. The summed E-state index contributed by atoms with van der Waals surface area (Å²) in [5, 5.41) is 11.0. The first-order chi connectivity index (χ1) is 17.4. The number of carbonyl (C=O) groups excluding carboxylic acids is 1. The highest BCUT2D eigenvalue weighted by Gasteiger charge is 2.27. The Kier molecular flexibility index (Phi) is 9.68. The summed E-state index contributed by atoms with van der Waals surface area (Å²) in [7, 11) is 0. The third-order valence-corrected chi connectivity index (χ3v) is 7.29. The van der Waals surface area contributed by atoms with Crippen molar-refractivity contribution in [2.75, 3.05) is 44.2 Å². The topological polar surface area (TPSA) is 53.0 Å². The van der Waals surface area contributed by atoms with Gasteiger partial charge in [0.2, 0.25) is 0 Å². The molecule has 0 atom stereocenters. The van der Waals surface area contributed by atoms with E-state index in [1.54, 1.807) is 0 Å². The van der Waals surface area contributed by atoms with Crippen molar-refractivity contribution < 1.29 is 14.6 Å². The van der Waals surface area contributed by atoms with Gasteiger partial charge >= 0.3 is 5.97 Å². The summed E-state index contributed by atoms with van der Waals surface area (Å²) in [4.78, 5) is 16.9. The van der Waals surface area contributed by atoms with Gasteiger partial charge in [0.25, 0.3) is 0 Å². The van der Waals surface area contributed by atoms with E-state index in [-0.39, 0.29) is 16.8 Å². The minimum absolute atomic E-state index is 0.101. The van der Waals surface area contributed by atoms with Crippen LogP contribution < -0.4 is 4.90 Å². The summed E-state index contributed by atoms with van der Waals surface area (Å²) in [5.74, 6) is 0.310. The number of piperazine rings is 1. The summed E-state index contributed by atoms with van der Waals surface area (Å²) in [6, 6.07) is 12.8. The van der Waals surface area contributed by atoms with E-state index in [1.165, 1.54) is 11.3 Å². The molecule has 0 radical (unpaired) electrons. The lowest BCUT2D eigenvalue weighted by atomic mass is 9.78. The number of phenols is 1. The van der Waals surface area contributed by atoms with E-state index >= 15 is 0 Å². The van der Waals surface area contributed by atoms with Gasteiger partial charge in [-0.25, -0.2) is 0 Å². The maximum atomic E-state index is 12.0. The van der Waals surface area contributed by atoms with Crippen molar-refractivity contribution in [1.82, 2.24) is 4.90 Å². The number of anilines is 1. The number of esters is 1. The number of benzene rings is 2. The fourth-order valence-corrected chi connectivity index (χ4v) is 4.87. The highest BCUT2D eigenvalue weighted by atomic mass is 16.5. The van der Waals surface area contributed by atoms with Crippen LogP contribution in [0.3, 0.4) is 0 Å². The number of hydrogen-bond acceptors (Lipinski definition) is 5. The Morgan fingerprint density at radius 3 is 1.97 bits per heavy atom. The van der Waals surface area contributed by atoms with Crippen LogP contribution in [0.4, 0.5) is 5.69 Å². The van der Waals surface area contributed by atoms with Crippen LogP contribution >= 0.6 is 0 Å². The van der Waals surface area contributed by atoms with E-state index in [2.05, 4.69) is 82.5 Å². The van der Waals surface area contributed by atoms with Crippen LogP contribution in [0.2, 0.25) is 0 Å². The quantitative estimate of drug-likeness (QED) is 0.321. The van der Waals surface area contributed by atoms with Crippen LogP contribution in [-0.2, 0) is 33.2 Å². The van der Waals surface area contributed by atoms with Gasteiger partial charge in [0, 0.05) is 38.4 Å². The Bertz CT molecular complexity index is 988. The van der Waals surface area contributed by atoms with E-state index in [0.717, 1.165) is 68.7 Å². The third-order valence-electron chi connectivity index (χ3n) is 7.29. The van der Waals surface area contributed by atoms with Crippen LogP contribution in [0.5, 0.6) is 5.75 Å². The average Bonchev–Trinajstić information content (AvgIpc) is 2.83. The number of rotatable bonds is 9. The molecule has 5 nitrogen and oxygen atoms in total. The molecule has 204 valence electrons. The van der Waals surface area contributed by atoms with Gasteiger partial charge in [-0.3, -0.25) is 9.69 Å². The number of nitrogens with zero attached hydrogens (tertiary/aromatic N) is 2. The van der Waals surface area contributed by atoms with Crippen LogP contribution in [0.1, 0.15) is 83.6 Å². The van der Waals surface area contributed by atoms with Gasteiger partial charge in [-0.15, -0.1) is 0 Å². The molecule has 1 N–H and O–H groups in total. The van der Waals surface area contributed by atoms with Crippen LogP contribution in [0, 0.1) is 0 Å². The fourth-order valence-electron chi connectivity index (χ4n) is 4.87. The third kappa shape index (κ3) is 8.23. The van der Waals surface area contributed by atoms with Crippen molar-refractivity contribution in [2.45, 2.75) is 85.0 Å². The van der Waals surface area contributed by atoms with Crippen molar-refractivity contribution in [3.63, 3.8) is 0 Å². The van der Waals surface area contributed by atoms with Crippen molar-refractivity contribution in [3.05, 3.63) is 58.7 Å². The number of phenolic OH excluding ortho intramolecular Hbond substituents is 1. The van der Waals surface area contributed by atoms with Gasteiger partial charge in [0.05, 0.1) is 13.0 Å². The van der Waals surface area contributed by atoms with E-state index in [0.29, 0.717) is 18.8 Å². The van der Waals surface area contributed by atoms with Crippen molar-refractivity contribution in [2.24, 2.45) is 0 Å². The average molecular weight is 509 g/mol. The molecule has 1 aliphatic heterocycles. The van der Waals surface area contributed by atoms with E-state index in [4.69, 9.17) is 4.74 Å². The lowest BCUT2D eigenvalue weighted by Gasteiger charge is -2.36. The molecule has 0 amide bonds. The molecule has 2 aromatic carbocycles. The van der Waals surface area contributed by atoms with Gasteiger partial charge < -0.3 is 14.7 Å². The molecule has 3 rings (SSSR count). The molecular formula is C32H48N2O3. The molecule has 1 heterocycles. The van der Waals surface area contributed by atoms with E-state index < -0.39 is 0 Å². The minimum atomic E-state index is -0.146. The number of hydrogen-bond donors (Lipinski definition) is 1. The zero-order chi connectivity index (χ0) is 27.2. The second-order valence-corrected chi connectivity index (χ2v) is 12.5. The first-order valence-corrected chi connectivity index (χ1v) is 14.0. The Morgan fingerprint density at radius 1 is 0.892 bits per heavy atom. The molecule has 0 unspecified atom stereocenters. The van der Waals surface area contributed by atoms with Crippen molar-refractivity contribution in [3.8, 4) is 5.75 Å². The van der Waals surface area contributed by atoms with Gasteiger partial charge in [0.1, 0.15) is 5.75 Å². The monoisotopic (exact) mass is 508 g/mol. The predicted octanol–water partition coefficient (Wildman–Crippen LogP) is 6.24. The number of unbranched alkanes of at least 4 members (excludes halogenated alkanes) is 1. The summed E-state index contributed by atoms with van der Waals surface area (Å²) in [6.07, 6.45) is 3.27. The molecule has 0 aromatic heterocycles. The number of aromatic hydroxyl groups is 1. The summed E-state index contributed by atoms with van der Waals surface area (Å²) < 4.78 is 5.28. The normalized spacial score (nSPS) is 15.2. The van der Waals surface area contributed by atoms with Gasteiger partial charge in [-0.1, -0.05) is 79.2 Å². The molecule has 5 heteroatoms. The zero-order valence-electron chi connectivity index (χ0n) is 24.2. The molecule has 0 bridgehead atoms. The van der Waals surface area contributed by atoms with Gasteiger partial charge in [0.15, 0.2) is 0 Å². The van der Waals surface area contributed by atoms with Crippen molar-refractivity contribution in [1.29, 1.82) is 0 Å². The Morgan fingerprint density at radius 2 is 1.46 bits per heavy atom. The molecular weight excluding hydrogens is 460 g/mol. The Hall–Kier alpha value is -2.53. The van der Waals surface area contributed by atoms with Crippen molar-refractivity contribution >= 4 is 11.7 Å². The maximum Gasteiger partial charge on any atom is 0.310 e. The SMILES string of the molecule is CCCCOC(=O)Cc1ccc(N2CCN(CCc3cc(C(C)(C)C)c(O)c(C(C)(C)C)c3)CC2)cc1. The van der Waals surface area contributed by atoms with Crippen LogP contribution in [-0.4, -0.2) is 55.3 Å². The number of carbonyl (C=O) groups is 1. The highest BCUT2D eigenvalue weighted by Crippen LogP contribution is 2.39. The minimum Gasteiger partial charge on any atom is -0.507 e. The first-order valence-electron chi connectivity index (χ1n) is 14.0. The Labute approximate surface area is 224 Å². The molecule has 0 aliphatic carbocycles. The lowest BCUT2D eigenvalue weighted by Crippen LogP contribution is -2.47. The largest absolute Gasteiger partial charge is 0.507 e. The van der Waals surface area contributed by atoms with E-state index in [1.807, 2.05) is 12.1 Å². The fraction of sp³-hybridized carbons (Fsp3) is 0.594. The summed E-state index contributed by atoms with van der Waals surface area (Å²) in [5.41, 5.74) is 5.40. The molecule has 37 heavy (non-hydrogen) atoms. The molecule has 0 spiro atoms. The Balaban J connectivity index is 1.54. The summed E-state index contributed by atoms with van der Waals surface area (Å²) in [6.45, 7) is 20.7. The molecule has 0 saturated carbocycles. The summed E-state index contributed by atoms with van der Waals surface area (Å²) >= 11 is 0.